The third-order valence-electron chi connectivity index (χ3n) is 7.03. The molecule has 3 aromatic carbocycles. The lowest BCUT2D eigenvalue weighted by Crippen LogP contribution is -2.10. The third-order valence-corrected chi connectivity index (χ3v) is 7.03. The van der Waals surface area contributed by atoms with Gasteiger partial charge in [-0.25, -0.2) is 9.18 Å². The van der Waals surface area contributed by atoms with Crippen LogP contribution in [-0.4, -0.2) is 21.2 Å². The summed E-state index contributed by atoms with van der Waals surface area (Å²) in [7, 11) is 0. The number of carbonyl (C=O) groups excluding carboxylic acids is 1. The first-order valence-electron chi connectivity index (χ1n) is 13.0. The van der Waals surface area contributed by atoms with E-state index in [2.05, 4.69) is 23.6 Å². The van der Waals surface area contributed by atoms with Crippen molar-refractivity contribution in [3.8, 4) is 0 Å². The Bertz CT molecular complexity index is 1540. The predicted molar refractivity (Wildman–Crippen MR) is 148 cm³/mol. The van der Waals surface area contributed by atoms with Gasteiger partial charge in [0.1, 0.15) is 11.5 Å². The molecule has 0 radical (unpaired) electrons. The minimum atomic E-state index is -0.576. The van der Waals surface area contributed by atoms with Crippen LogP contribution in [0.1, 0.15) is 63.1 Å². The Balaban J connectivity index is 1.94. The molecule has 198 valence electrons. The summed E-state index contributed by atoms with van der Waals surface area (Å²) in [5, 5.41) is 17.3. The van der Waals surface area contributed by atoms with Gasteiger partial charge in [0.2, 0.25) is 0 Å². The second-order valence-corrected chi connectivity index (χ2v) is 9.70. The molecule has 38 heavy (non-hydrogen) atoms. The number of aromatic nitrogens is 1. The van der Waals surface area contributed by atoms with E-state index in [0.29, 0.717) is 28.3 Å². The van der Waals surface area contributed by atoms with Crippen molar-refractivity contribution in [1.82, 2.24) is 4.57 Å². The summed E-state index contributed by atoms with van der Waals surface area (Å²) in [6, 6.07) is 15.1. The zero-order valence-corrected chi connectivity index (χ0v) is 22.2. The lowest BCUT2D eigenvalue weighted by atomic mass is 9.96. The second-order valence-electron chi connectivity index (χ2n) is 9.70. The van der Waals surface area contributed by atoms with Gasteiger partial charge in [0.25, 0.3) is 5.69 Å². The molecule has 0 aliphatic rings. The fraction of sp³-hybridized carbons (Fsp3) is 0.333. The topological polar surface area (TPSA) is 86.7 Å². The molecule has 7 nitrogen and oxygen atoms in total. The number of nitro groups is 1. The number of rotatable bonds is 10. The van der Waals surface area contributed by atoms with Gasteiger partial charge in [0.15, 0.2) is 0 Å². The molecule has 1 heterocycles. The highest BCUT2D eigenvalue weighted by Gasteiger charge is 2.20. The molecule has 0 fully saturated rings. The number of benzene rings is 3. The Morgan fingerprint density at radius 3 is 2.42 bits per heavy atom. The Morgan fingerprint density at radius 1 is 1.08 bits per heavy atom. The molecule has 0 N–H and O–H groups in total. The maximum atomic E-state index is 13.8. The number of unbranched alkanes of at least 4 members (excludes halogenated alkanes) is 1. The third kappa shape index (κ3) is 5.59. The minimum Gasteiger partial charge on any atom is -0.340 e. The van der Waals surface area contributed by atoms with E-state index in [4.69, 9.17) is 4.84 Å². The molecule has 0 bridgehead atoms. The normalized spacial score (nSPS) is 12.7. The molecular formula is C30H32FN3O4. The van der Waals surface area contributed by atoms with Gasteiger partial charge in [-0.05, 0) is 61.2 Å². The largest absolute Gasteiger partial charge is 0.340 e. The van der Waals surface area contributed by atoms with Gasteiger partial charge in [0.05, 0.1) is 4.92 Å². The Morgan fingerprint density at radius 2 is 1.79 bits per heavy atom. The average Bonchev–Trinajstić information content (AvgIpc) is 3.19. The maximum absolute atomic E-state index is 13.8. The first kappa shape index (κ1) is 27.0. The number of hydrogen-bond donors (Lipinski definition) is 0. The van der Waals surface area contributed by atoms with E-state index in [1.165, 1.54) is 19.1 Å². The van der Waals surface area contributed by atoms with Crippen molar-refractivity contribution in [3.63, 3.8) is 0 Å². The minimum absolute atomic E-state index is 0.0168. The van der Waals surface area contributed by atoms with Crippen molar-refractivity contribution in [2.75, 3.05) is 0 Å². The van der Waals surface area contributed by atoms with Crippen molar-refractivity contribution in [2.45, 2.75) is 59.9 Å². The summed E-state index contributed by atoms with van der Waals surface area (Å²) in [6.45, 7) is 8.21. The van der Waals surface area contributed by atoms with Crippen LogP contribution < -0.4 is 0 Å². The first-order chi connectivity index (χ1) is 18.2. The number of aryl methyl sites for hydroxylation is 1. The van der Waals surface area contributed by atoms with Crippen molar-refractivity contribution >= 4 is 39.2 Å². The van der Waals surface area contributed by atoms with Crippen LogP contribution in [-0.2, 0) is 16.2 Å². The van der Waals surface area contributed by atoms with Crippen LogP contribution in [0.5, 0.6) is 0 Å². The molecular weight excluding hydrogens is 485 g/mol. The molecule has 1 aromatic heterocycles. The molecule has 4 aromatic rings. The SMILES string of the molecule is CCCCC(CC)Cn1c2ccc(/C(=N/OC(C)=O)c3ccc(F)cc3C)cc2c2cc([N+](=O)[O-])ccc21. The maximum Gasteiger partial charge on any atom is 0.332 e. The smallest absolute Gasteiger partial charge is 0.332 e. The predicted octanol–water partition coefficient (Wildman–Crippen LogP) is 7.68. The van der Waals surface area contributed by atoms with Crippen LogP contribution in [0.3, 0.4) is 0 Å². The number of carbonyl (C=O) groups is 1. The number of nitrogens with zero attached hydrogens (tertiary/aromatic N) is 3. The second kappa shape index (κ2) is 11.5. The fourth-order valence-corrected chi connectivity index (χ4v) is 4.99. The van der Waals surface area contributed by atoms with Gasteiger partial charge in [-0.15, -0.1) is 0 Å². The van der Waals surface area contributed by atoms with E-state index in [0.717, 1.165) is 54.0 Å². The molecule has 0 amide bonds. The number of oxime groups is 1. The number of non-ortho nitro benzene ring substituents is 1. The van der Waals surface area contributed by atoms with E-state index in [1.807, 2.05) is 24.3 Å². The van der Waals surface area contributed by atoms with Crippen LogP contribution in [0.25, 0.3) is 21.8 Å². The fourth-order valence-electron chi connectivity index (χ4n) is 4.99. The van der Waals surface area contributed by atoms with E-state index in [9.17, 15) is 19.3 Å². The van der Waals surface area contributed by atoms with E-state index >= 15 is 0 Å². The molecule has 0 aliphatic carbocycles. The van der Waals surface area contributed by atoms with Gasteiger partial charge in [-0.3, -0.25) is 10.1 Å². The monoisotopic (exact) mass is 517 g/mol. The highest BCUT2D eigenvalue weighted by Crippen LogP contribution is 2.34. The highest BCUT2D eigenvalue weighted by molar-refractivity contribution is 6.17. The molecule has 1 atom stereocenters. The first-order valence-corrected chi connectivity index (χ1v) is 13.0. The standard InChI is InChI=1S/C30H32FN3O4/c1-5-7-8-21(6-2)18-33-28-13-9-22(16-26(28)27-17-24(34(36)37)11-14-29(27)33)30(32-38-20(4)35)25-12-10-23(31)15-19(25)3/h9-17,21H,5-8,18H2,1-4H3/b32-30-. The summed E-state index contributed by atoms with van der Waals surface area (Å²) in [6.07, 6.45) is 4.43. The van der Waals surface area contributed by atoms with Gasteiger partial charge in [-0.1, -0.05) is 44.3 Å². The summed E-state index contributed by atoms with van der Waals surface area (Å²) >= 11 is 0. The molecule has 0 spiro atoms. The average molecular weight is 518 g/mol. The quantitative estimate of drug-likeness (QED) is 0.0934. The highest BCUT2D eigenvalue weighted by atomic mass is 19.1. The molecule has 0 aliphatic heterocycles. The number of fused-ring (bicyclic) bond motifs is 3. The van der Waals surface area contributed by atoms with Gasteiger partial charge < -0.3 is 9.40 Å². The van der Waals surface area contributed by atoms with Crippen LogP contribution in [0.2, 0.25) is 0 Å². The van der Waals surface area contributed by atoms with Gasteiger partial charge in [0, 0.05) is 58.5 Å². The Kier molecular flexibility index (Phi) is 8.20. The van der Waals surface area contributed by atoms with Crippen LogP contribution >= 0.6 is 0 Å². The number of hydrogen-bond acceptors (Lipinski definition) is 5. The Labute approximate surface area is 221 Å². The van der Waals surface area contributed by atoms with Crippen LogP contribution in [0.4, 0.5) is 10.1 Å². The molecule has 8 heteroatoms. The zero-order valence-electron chi connectivity index (χ0n) is 22.2. The summed E-state index contributed by atoms with van der Waals surface area (Å²) in [4.78, 5) is 27.8. The summed E-state index contributed by atoms with van der Waals surface area (Å²) in [5.41, 5.74) is 4.18. The van der Waals surface area contributed by atoms with E-state index in [-0.39, 0.29) is 11.5 Å². The summed E-state index contributed by atoms with van der Waals surface area (Å²) in [5.74, 6) is -0.475. The molecule has 0 saturated heterocycles. The van der Waals surface area contributed by atoms with Crippen LogP contribution in [0, 0.1) is 28.8 Å². The number of halogens is 1. The van der Waals surface area contributed by atoms with Gasteiger partial charge >= 0.3 is 5.97 Å². The van der Waals surface area contributed by atoms with Crippen molar-refractivity contribution < 1.29 is 18.9 Å². The number of nitro benzene ring substituents is 1. The van der Waals surface area contributed by atoms with E-state index in [1.54, 1.807) is 25.1 Å². The van der Waals surface area contributed by atoms with Crippen LogP contribution in [0.15, 0.2) is 59.8 Å². The van der Waals surface area contributed by atoms with Gasteiger partial charge in [-0.2, -0.15) is 0 Å². The van der Waals surface area contributed by atoms with Crippen molar-refractivity contribution in [1.29, 1.82) is 0 Å². The molecule has 0 saturated carbocycles. The van der Waals surface area contributed by atoms with Crippen molar-refractivity contribution in [2.24, 2.45) is 11.1 Å². The zero-order chi connectivity index (χ0) is 27.4. The molecule has 1 unspecified atom stereocenters. The lowest BCUT2D eigenvalue weighted by molar-refractivity contribution is -0.384. The van der Waals surface area contributed by atoms with Crippen molar-refractivity contribution in [3.05, 3.63) is 87.2 Å². The lowest BCUT2D eigenvalue weighted by Gasteiger charge is -2.17. The molecule has 4 rings (SSSR count). The van der Waals surface area contributed by atoms with E-state index < -0.39 is 10.9 Å². The summed E-state index contributed by atoms with van der Waals surface area (Å²) < 4.78 is 16.1. The Hall–Kier alpha value is -4.07.